The van der Waals surface area contributed by atoms with E-state index in [9.17, 15) is 9.11 Å². The fourth-order valence-corrected chi connectivity index (χ4v) is 1.86. The van der Waals surface area contributed by atoms with E-state index in [0.717, 1.165) is 0 Å². The van der Waals surface area contributed by atoms with Gasteiger partial charge in [0.15, 0.2) is 0 Å². The minimum atomic E-state index is -2.57. The van der Waals surface area contributed by atoms with Gasteiger partial charge in [0.05, 0.1) is 4.90 Å². The average Bonchev–Trinajstić information content (AvgIpc) is 2.01. The van der Waals surface area contributed by atoms with Crippen LogP contribution < -0.4 is 0 Å². The van der Waals surface area contributed by atoms with E-state index in [1.807, 2.05) is 12.1 Å². The van der Waals surface area contributed by atoms with Crippen molar-refractivity contribution in [2.75, 3.05) is 6.26 Å². The van der Waals surface area contributed by atoms with Gasteiger partial charge < -0.3 is 0 Å². The fraction of sp³-hybridized carbons (Fsp3) is 0.455. The number of hydrogen-bond donors (Lipinski definition) is 2. The molecule has 0 unspecified atom stereocenters. The van der Waals surface area contributed by atoms with Crippen LogP contribution in [0.1, 0.15) is 26.3 Å². The zero-order valence-electron chi connectivity index (χ0n) is 9.61. The van der Waals surface area contributed by atoms with Gasteiger partial charge in [0.2, 0.25) is 0 Å². The van der Waals surface area contributed by atoms with Gasteiger partial charge in [0, 0.05) is 37.4 Å². The van der Waals surface area contributed by atoms with Crippen LogP contribution in [0.3, 0.4) is 0 Å². The summed E-state index contributed by atoms with van der Waals surface area (Å²) in [7, 11) is -2.57. The molecule has 2 N–H and O–H groups in total. The molecule has 84 valence electrons. The van der Waals surface area contributed by atoms with E-state index < -0.39 is 10.6 Å². The van der Waals surface area contributed by atoms with Crippen molar-refractivity contribution in [3.05, 3.63) is 29.8 Å². The number of rotatable bonds is 1. The normalized spacial score (nSPS) is 13.2. The van der Waals surface area contributed by atoms with Gasteiger partial charge in [-0.2, -0.15) is 10.6 Å². The maximum atomic E-state index is 9.42. The van der Waals surface area contributed by atoms with Crippen LogP contribution in [0, 0.1) is 31.1 Å². The molecular weight excluding hydrogens is 434 g/mol. The topological polar surface area (TPSA) is 40.5 Å². The first-order valence-corrected chi connectivity index (χ1v) is 6.50. The summed E-state index contributed by atoms with van der Waals surface area (Å²) in [4.78, 5) is 0.602. The summed E-state index contributed by atoms with van der Waals surface area (Å²) < 4.78 is 18.8. The van der Waals surface area contributed by atoms with E-state index in [1.165, 1.54) is 11.8 Å². The van der Waals surface area contributed by atoms with Gasteiger partial charge in [-0.05, 0) is 23.1 Å². The van der Waals surface area contributed by atoms with Gasteiger partial charge in [-0.25, -0.2) is 0 Å². The summed E-state index contributed by atoms with van der Waals surface area (Å²) in [6.07, 6.45) is 1.44. The Hall–Kier alpha value is 0.542. The van der Waals surface area contributed by atoms with E-state index in [2.05, 4.69) is 20.8 Å². The predicted molar refractivity (Wildman–Crippen MR) is 62.2 cm³/mol. The van der Waals surface area contributed by atoms with Crippen LogP contribution in [0.15, 0.2) is 29.2 Å². The van der Waals surface area contributed by atoms with Crippen LogP contribution in [0.4, 0.5) is 0 Å². The second kappa shape index (κ2) is 5.25. The first-order chi connectivity index (χ1) is 6.21. The maximum Gasteiger partial charge on any atom is 0.0580 e. The van der Waals surface area contributed by atoms with Crippen LogP contribution in [0.25, 0.3) is 0 Å². The fourth-order valence-electron chi connectivity index (χ4n) is 1.21. The molecule has 0 radical (unpaired) electrons. The molecular formula is C11H18O2SU. The zero-order valence-corrected chi connectivity index (χ0v) is 14.6. The van der Waals surface area contributed by atoms with Gasteiger partial charge >= 0.3 is 0 Å². The Bertz CT molecular complexity index is 276. The molecule has 1 aromatic carbocycles. The maximum absolute atomic E-state index is 9.42. The first-order valence-electron chi connectivity index (χ1n) is 4.55. The van der Waals surface area contributed by atoms with Crippen molar-refractivity contribution in [2.24, 2.45) is 0 Å². The summed E-state index contributed by atoms with van der Waals surface area (Å²) >= 11 is 0. The van der Waals surface area contributed by atoms with Gasteiger partial charge in [-0.3, -0.25) is 9.11 Å². The first kappa shape index (κ1) is 15.5. The standard InChI is InChI=1S/C11H18O2S.U/c1-11(2,3)9-5-7-10(8-6-9)14(4,12)13;/h5-8,12-13H,1-4H3;. The molecule has 1 aromatic rings. The van der Waals surface area contributed by atoms with Crippen molar-refractivity contribution in [1.29, 1.82) is 0 Å². The Morgan fingerprint density at radius 2 is 1.40 bits per heavy atom. The van der Waals surface area contributed by atoms with Crippen LogP contribution in [-0.2, 0) is 5.41 Å². The van der Waals surface area contributed by atoms with Gasteiger partial charge in [-0.1, -0.05) is 32.9 Å². The van der Waals surface area contributed by atoms with E-state index in [4.69, 9.17) is 0 Å². The molecule has 0 bridgehead atoms. The third-order valence-electron chi connectivity index (χ3n) is 2.17. The van der Waals surface area contributed by atoms with Gasteiger partial charge in [0.1, 0.15) is 0 Å². The molecule has 0 saturated heterocycles. The molecule has 0 spiro atoms. The smallest absolute Gasteiger partial charge is 0.0580 e. The minimum absolute atomic E-state index is 0. The van der Waals surface area contributed by atoms with E-state index in [-0.39, 0.29) is 36.5 Å². The molecule has 4 heteroatoms. The second-order valence-corrected chi connectivity index (χ2v) is 6.75. The summed E-state index contributed by atoms with van der Waals surface area (Å²) in [5, 5.41) is 0. The summed E-state index contributed by atoms with van der Waals surface area (Å²) in [5.41, 5.74) is 1.31. The Morgan fingerprint density at radius 3 is 1.67 bits per heavy atom. The molecule has 2 nitrogen and oxygen atoms in total. The predicted octanol–water partition coefficient (Wildman–Crippen LogP) is 3.72. The van der Waals surface area contributed by atoms with E-state index in [0.29, 0.717) is 4.90 Å². The largest absolute Gasteiger partial charge is 0.295 e. The molecule has 0 heterocycles. The Labute approximate surface area is 117 Å². The van der Waals surface area contributed by atoms with E-state index in [1.54, 1.807) is 12.1 Å². The molecule has 0 aliphatic carbocycles. The molecule has 0 amide bonds. The summed E-state index contributed by atoms with van der Waals surface area (Å²) in [6.45, 7) is 6.39. The van der Waals surface area contributed by atoms with Crippen molar-refractivity contribution < 1.29 is 40.2 Å². The van der Waals surface area contributed by atoms with Crippen molar-refractivity contribution in [3.8, 4) is 0 Å². The van der Waals surface area contributed by atoms with Crippen molar-refractivity contribution in [3.63, 3.8) is 0 Å². The SMILES string of the molecule is CC(C)(C)c1ccc(S(C)(O)O)cc1.[U]. The quantitative estimate of drug-likeness (QED) is 0.682. The van der Waals surface area contributed by atoms with Crippen molar-refractivity contribution >= 4 is 10.6 Å². The van der Waals surface area contributed by atoms with Crippen molar-refractivity contribution in [2.45, 2.75) is 31.1 Å². The Balaban J connectivity index is 0.00000196. The Morgan fingerprint density at radius 1 is 1.00 bits per heavy atom. The molecule has 0 saturated carbocycles. The van der Waals surface area contributed by atoms with Gasteiger partial charge in [-0.15, -0.1) is 0 Å². The molecule has 1 rings (SSSR count). The zero-order chi connectivity index (χ0) is 11.0. The monoisotopic (exact) mass is 452 g/mol. The molecule has 0 atom stereocenters. The van der Waals surface area contributed by atoms with Crippen LogP contribution in [-0.4, -0.2) is 15.4 Å². The van der Waals surface area contributed by atoms with E-state index >= 15 is 0 Å². The average molecular weight is 452 g/mol. The number of hydrogen-bond acceptors (Lipinski definition) is 2. The molecule has 0 aromatic heterocycles. The van der Waals surface area contributed by atoms with Crippen molar-refractivity contribution in [1.82, 2.24) is 0 Å². The summed E-state index contributed by atoms with van der Waals surface area (Å²) in [6, 6.07) is 7.48. The van der Waals surface area contributed by atoms with Gasteiger partial charge in [0.25, 0.3) is 0 Å². The molecule has 15 heavy (non-hydrogen) atoms. The second-order valence-electron chi connectivity index (χ2n) is 4.61. The third kappa shape index (κ3) is 4.50. The molecule has 0 fully saturated rings. The molecule has 0 aliphatic rings. The van der Waals surface area contributed by atoms with Crippen LogP contribution >= 0.6 is 10.6 Å². The number of benzene rings is 1. The van der Waals surface area contributed by atoms with Crippen LogP contribution in [0.5, 0.6) is 0 Å². The molecule has 0 aliphatic heterocycles. The third-order valence-corrected chi connectivity index (χ3v) is 3.33. The summed E-state index contributed by atoms with van der Waals surface area (Å²) in [5.74, 6) is 0. The Kier molecular flexibility index (Phi) is 5.44. The minimum Gasteiger partial charge on any atom is -0.295 e. The van der Waals surface area contributed by atoms with Crippen LogP contribution in [0.2, 0.25) is 0 Å².